The average molecular weight is 305 g/mol. The number of carbonyl (C=O) groups excluding carboxylic acids is 1. The van der Waals surface area contributed by atoms with Crippen LogP contribution in [0.3, 0.4) is 0 Å². The van der Waals surface area contributed by atoms with E-state index in [9.17, 15) is 4.79 Å². The molecule has 0 N–H and O–H groups in total. The third-order valence-electron chi connectivity index (χ3n) is 3.90. The highest BCUT2D eigenvalue weighted by atomic mass is 32.1. The molecule has 0 saturated carbocycles. The van der Waals surface area contributed by atoms with Crippen molar-refractivity contribution >= 4 is 17.2 Å². The molecule has 0 bridgehead atoms. The summed E-state index contributed by atoms with van der Waals surface area (Å²) in [6, 6.07) is 4.12. The first-order chi connectivity index (χ1) is 10.2. The molecule has 0 aliphatic carbocycles. The number of hydrogen-bond donors (Lipinski definition) is 0. The zero-order valence-electron chi connectivity index (χ0n) is 12.1. The van der Waals surface area contributed by atoms with Crippen LogP contribution in [0.2, 0.25) is 0 Å². The summed E-state index contributed by atoms with van der Waals surface area (Å²) in [6.07, 6.45) is 3.27. The van der Waals surface area contributed by atoms with Crippen molar-refractivity contribution < 1.29 is 9.21 Å². The molecule has 1 amide bonds. The van der Waals surface area contributed by atoms with Crippen molar-refractivity contribution in [3.63, 3.8) is 0 Å². The summed E-state index contributed by atoms with van der Waals surface area (Å²) in [5.74, 6) is 1.88. The van der Waals surface area contributed by atoms with Crippen LogP contribution in [0.15, 0.2) is 21.9 Å². The Balaban J connectivity index is 1.47. The van der Waals surface area contributed by atoms with E-state index >= 15 is 0 Å². The summed E-state index contributed by atoms with van der Waals surface area (Å²) in [7, 11) is 0. The quantitative estimate of drug-likeness (QED) is 0.871. The number of carbonyl (C=O) groups is 1. The number of likely N-dealkylation sites (tertiary alicyclic amines) is 1. The minimum absolute atomic E-state index is 0.253. The number of aryl methyl sites for hydroxylation is 2. The number of aromatic nitrogens is 2. The predicted molar refractivity (Wildman–Crippen MR) is 80.2 cm³/mol. The third-order valence-corrected chi connectivity index (χ3v) is 4.84. The molecule has 1 aliphatic rings. The van der Waals surface area contributed by atoms with Crippen LogP contribution in [0.1, 0.15) is 41.8 Å². The number of nitrogens with zero attached hydrogens (tertiary/aromatic N) is 3. The number of rotatable bonds is 4. The second-order valence-corrected chi connectivity index (χ2v) is 6.43. The fraction of sp³-hybridized carbons (Fsp3) is 0.533. The van der Waals surface area contributed by atoms with Gasteiger partial charge in [-0.1, -0.05) is 6.07 Å². The Bertz CT molecular complexity index is 586. The van der Waals surface area contributed by atoms with E-state index in [0.717, 1.165) is 38.2 Å². The Kier molecular flexibility index (Phi) is 4.34. The Morgan fingerprint density at radius 3 is 2.86 bits per heavy atom. The van der Waals surface area contributed by atoms with Crippen LogP contribution < -0.4 is 0 Å². The fourth-order valence-electron chi connectivity index (χ4n) is 2.70. The van der Waals surface area contributed by atoms with E-state index in [4.69, 9.17) is 4.42 Å². The van der Waals surface area contributed by atoms with Crippen LogP contribution in [-0.4, -0.2) is 34.1 Å². The first kappa shape index (κ1) is 14.3. The molecule has 6 heteroatoms. The van der Waals surface area contributed by atoms with Crippen molar-refractivity contribution in [3.8, 4) is 0 Å². The van der Waals surface area contributed by atoms with Gasteiger partial charge in [0.05, 0.1) is 0 Å². The summed E-state index contributed by atoms with van der Waals surface area (Å²) in [5.41, 5.74) is 0. The van der Waals surface area contributed by atoms with Gasteiger partial charge in [-0.05, 0) is 30.7 Å². The van der Waals surface area contributed by atoms with Gasteiger partial charge >= 0.3 is 0 Å². The largest absolute Gasteiger partial charge is 0.425 e. The van der Waals surface area contributed by atoms with Crippen molar-refractivity contribution in [2.75, 3.05) is 13.1 Å². The summed E-state index contributed by atoms with van der Waals surface area (Å²) >= 11 is 1.71. The van der Waals surface area contributed by atoms with Gasteiger partial charge < -0.3 is 9.32 Å². The van der Waals surface area contributed by atoms with Crippen LogP contribution >= 0.6 is 11.3 Å². The lowest BCUT2D eigenvalue weighted by molar-refractivity contribution is -0.132. The maximum absolute atomic E-state index is 12.2. The fourth-order valence-corrected chi connectivity index (χ4v) is 3.40. The van der Waals surface area contributed by atoms with Gasteiger partial charge in [-0.25, -0.2) is 0 Å². The van der Waals surface area contributed by atoms with E-state index in [1.165, 1.54) is 4.88 Å². The molecule has 3 rings (SSSR count). The molecule has 0 spiro atoms. The molecule has 0 atom stereocenters. The highest BCUT2D eigenvalue weighted by Gasteiger charge is 2.26. The molecule has 5 nitrogen and oxygen atoms in total. The van der Waals surface area contributed by atoms with Gasteiger partial charge in [-0.15, -0.1) is 21.5 Å². The highest BCUT2D eigenvalue weighted by molar-refractivity contribution is 7.09. The van der Waals surface area contributed by atoms with Gasteiger partial charge in [0.1, 0.15) is 0 Å². The van der Waals surface area contributed by atoms with Crippen LogP contribution in [0.4, 0.5) is 0 Å². The zero-order chi connectivity index (χ0) is 14.7. The average Bonchev–Trinajstić information content (AvgIpc) is 3.16. The van der Waals surface area contributed by atoms with Crippen molar-refractivity contribution in [1.29, 1.82) is 0 Å². The summed E-state index contributed by atoms with van der Waals surface area (Å²) in [5, 5.41) is 10.0. The predicted octanol–water partition coefficient (Wildman–Crippen LogP) is 2.78. The topological polar surface area (TPSA) is 59.2 Å². The van der Waals surface area contributed by atoms with Crippen molar-refractivity contribution in [2.24, 2.45) is 0 Å². The Hall–Kier alpha value is -1.69. The lowest BCUT2D eigenvalue weighted by Gasteiger charge is -2.30. The molecule has 3 heterocycles. The second kappa shape index (κ2) is 6.39. The van der Waals surface area contributed by atoms with Crippen molar-refractivity contribution in [3.05, 3.63) is 34.2 Å². The zero-order valence-corrected chi connectivity index (χ0v) is 12.9. The molecule has 1 saturated heterocycles. The molecule has 0 unspecified atom stereocenters. The van der Waals surface area contributed by atoms with Crippen molar-refractivity contribution in [2.45, 2.75) is 38.5 Å². The van der Waals surface area contributed by atoms with Crippen LogP contribution in [-0.2, 0) is 11.2 Å². The SMILES string of the molecule is Cc1nnc(C2CCN(C(=O)CCc3cccs3)CC2)o1. The molecule has 1 fully saturated rings. The van der Waals surface area contributed by atoms with Gasteiger partial charge in [0.2, 0.25) is 17.7 Å². The van der Waals surface area contributed by atoms with Gasteiger partial charge in [0.25, 0.3) is 0 Å². The van der Waals surface area contributed by atoms with Crippen LogP contribution in [0, 0.1) is 6.92 Å². The number of amides is 1. The lowest BCUT2D eigenvalue weighted by Crippen LogP contribution is -2.38. The molecule has 21 heavy (non-hydrogen) atoms. The second-order valence-electron chi connectivity index (χ2n) is 5.39. The lowest BCUT2D eigenvalue weighted by atomic mass is 9.96. The summed E-state index contributed by atoms with van der Waals surface area (Å²) in [4.78, 5) is 15.5. The van der Waals surface area contributed by atoms with Gasteiger partial charge in [-0.3, -0.25) is 4.79 Å². The highest BCUT2D eigenvalue weighted by Crippen LogP contribution is 2.27. The molecule has 1 aliphatic heterocycles. The van der Waals surface area contributed by atoms with Crippen LogP contribution in [0.5, 0.6) is 0 Å². The van der Waals surface area contributed by atoms with E-state index in [-0.39, 0.29) is 5.91 Å². The Morgan fingerprint density at radius 1 is 1.43 bits per heavy atom. The van der Waals surface area contributed by atoms with E-state index in [1.807, 2.05) is 11.0 Å². The smallest absolute Gasteiger partial charge is 0.222 e. The third kappa shape index (κ3) is 3.50. The number of hydrogen-bond acceptors (Lipinski definition) is 5. The van der Waals surface area contributed by atoms with Gasteiger partial charge in [-0.2, -0.15) is 0 Å². The normalized spacial score (nSPS) is 16.3. The minimum Gasteiger partial charge on any atom is -0.425 e. The van der Waals surface area contributed by atoms with E-state index < -0.39 is 0 Å². The first-order valence-corrected chi connectivity index (χ1v) is 8.20. The van der Waals surface area contributed by atoms with E-state index in [1.54, 1.807) is 18.3 Å². The Morgan fingerprint density at radius 2 is 2.24 bits per heavy atom. The van der Waals surface area contributed by atoms with Gasteiger partial charge in [0.15, 0.2) is 0 Å². The van der Waals surface area contributed by atoms with Crippen molar-refractivity contribution in [1.82, 2.24) is 15.1 Å². The summed E-state index contributed by atoms with van der Waals surface area (Å²) in [6.45, 7) is 3.38. The van der Waals surface area contributed by atoms with Crippen LogP contribution in [0.25, 0.3) is 0 Å². The molecule has 0 radical (unpaired) electrons. The van der Waals surface area contributed by atoms with E-state index in [2.05, 4.69) is 21.6 Å². The monoisotopic (exact) mass is 305 g/mol. The standard InChI is InChI=1S/C15H19N3O2S/c1-11-16-17-15(20-11)12-6-8-18(9-7-12)14(19)5-4-13-3-2-10-21-13/h2-3,10,12H,4-9H2,1H3. The number of piperidine rings is 1. The number of thiophene rings is 1. The molecular weight excluding hydrogens is 286 g/mol. The molecule has 0 aromatic carbocycles. The maximum atomic E-state index is 12.2. The first-order valence-electron chi connectivity index (χ1n) is 7.32. The van der Waals surface area contributed by atoms with Gasteiger partial charge in [0, 0.05) is 37.2 Å². The maximum Gasteiger partial charge on any atom is 0.222 e. The molecule has 2 aromatic heterocycles. The van der Waals surface area contributed by atoms with E-state index in [0.29, 0.717) is 18.2 Å². The molecule has 112 valence electrons. The Labute approximate surface area is 128 Å². The summed E-state index contributed by atoms with van der Waals surface area (Å²) < 4.78 is 5.49. The molecule has 2 aromatic rings. The molecular formula is C15H19N3O2S. The minimum atomic E-state index is 0.253.